The zero-order valence-electron chi connectivity index (χ0n) is 16.3. The van der Waals surface area contributed by atoms with Crippen molar-refractivity contribution in [3.8, 4) is 5.75 Å². The van der Waals surface area contributed by atoms with Crippen LogP contribution >= 0.6 is 0 Å². The Morgan fingerprint density at radius 3 is 2.56 bits per heavy atom. The van der Waals surface area contributed by atoms with Gasteiger partial charge in [0.2, 0.25) is 0 Å². The topological polar surface area (TPSA) is 48.9 Å². The fourth-order valence-electron chi connectivity index (χ4n) is 3.57. The van der Waals surface area contributed by atoms with Gasteiger partial charge in [-0.15, -0.1) is 0 Å². The summed E-state index contributed by atoms with van der Waals surface area (Å²) < 4.78 is 5.29. The molecule has 2 aromatic rings. The van der Waals surface area contributed by atoms with Crippen LogP contribution in [0.15, 0.2) is 59.6 Å². The molecule has 1 aliphatic rings. The minimum atomic E-state index is 0.365. The molecule has 5 heteroatoms. The number of nitrogens with one attached hydrogen (secondary N) is 2. The molecule has 1 heterocycles. The lowest BCUT2D eigenvalue weighted by Gasteiger charge is -2.29. The lowest BCUT2D eigenvalue weighted by atomic mass is 10.1. The van der Waals surface area contributed by atoms with Gasteiger partial charge < -0.3 is 15.4 Å². The Morgan fingerprint density at radius 2 is 1.85 bits per heavy atom. The SMILES string of the molecule is CN=C(NCc1cccc(OC)c1)NCC(c1ccccc1)N1CCCC1. The maximum atomic E-state index is 5.29. The molecule has 0 spiro atoms. The molecule has 1 fully saturated rings. The first-order valence-electron chi connectivity index (χ1n) is 9.66. The Morgan fingerprint density at radius 1 is 1.07 bits per heavy atom. The van der Waals surface area contributed by atoms with Crippen LogP contribution in [0.5, 0.6) is 5.75 Å². The molecule has 27 heavy (non-hydrogen) atoms. The zero-order valence-corrected chi connectivity index (χ0v) is 16.3. The second-order valence-electron chi connectivity index (χ2n) is 6.83. The smallest absolute Gasteiger partial charge is 0.191 e. The highest BCUT2D eigenvalue weighted by Gasteiger charge is 2.23. The molecule has 0 aliphatic carbocycles. The van der Waals surface area contributed by atoms with E-state index in [1.807, 2.05) is 25.2 Å². The largest absolute Gasteiger partial charge is 0.497 e. The van der Waals surface area contributed by atoms with Crippen LogP contribution < -0.4 is 15.4 Å². The molecule has 0 radical (unpaired) electrons. The van der Waals surface area contributed by atoms with Crippen molar-refractivity contribution in [2.75, 3.05) is 33.8 Å². The molecule has 0 saturated carbocycles. The number of guanidine groups is 1. The van der Waals surface area contributed by atoms with Gasteiger partial charge in [0.15, 0.2) is 5.96 Å². The van der Waals surface area contributed by atoms with Crippen LogP contribution in [-0.2, 0) is 6.54 Å². The summed E-state index contributed by atoms with van der Waals surface area (Å²) in [5, 5.41) is 6.91. The van der Waals surface area contributed by atoms with Crippen LogP contribution in [0.2, 0.25) is 0 Å². The first-order valence-corrected chi connectivity index (χ1v) is 9.66. The normalized spacial score (nSPS) is 16.1. The van der Waals surface area contributed by atoms with Gasteiger partial charge in [0.25, 0.3) is 0 Å². The number of ether oxygens (including phenoxy) is 1. The van der Waals surface area contributed by atoms with Gasteiger partial charge in [-0.1, -0.05) is 42.5 Å². The third kappa shape index (κ3) is 5.47. The van der Waals surface area contributed by atoms with Crippen molar-refractivity contribution in [1.82, 2.24) is 15.5 Å². The third-order valence-electron chi connectivity index (χ3n) is 5.05. The van der Waals surface area contributed by atoms with Crippen LogP contribution in [-0.4, -0.2) is 44.7 Å². The van der Waals surface area contributed by atoms with E-state index in [-0.39, 0.29) is 0 Å². The van der Waals surface area contributed by atoms with Crippen molar-refractivity contribution in [3.63, 3.8) is 0 Å². The predicted molar refractivity (Wildman–Crippen MR) is 111 cm³/mol. The van der Waals surface area contributed by atoms with Gasteiger partial charge in [-0.2, -0.15) is 0 Å². The van der Waals surface area contributed by atoms with E-state index in [9.17, 15) is 0 Å². The quantitative estimate of drug-likeness (QED) is 0.584. The molecule has 0 bridgehead atoms. The number of hydrogen-bond acceptors (Lipinski definition) is 3. The molecular weight excluding hydrogens is 336 g/mol. The third-order valence-corrected chi connectivity index (χ3v) is 5.05. The lowest BCUT2D eigenvalue weighted by Crippen LogP contribution is -2.42. The van der Waals surface area contributed by atoms with E-state index in [1.54, 1.807) is 7.11 Å². The summed E-state index contributed by atoms with van der Waals surface area (Å²) in [6.45, 7) is 3.87. The van der Waals surface area contributed by atoms with E-state index in [2.05, 4.69) is 56.9 Å². The van der Waals surface area contributed by atoms with Gasteiger partial charge in [-0.3, -0.25) is 9.89 Å². The van der Waals surface area contributed by atoms with E-state index in [0.717, 1.165) is 36.9 Å². The molecule has 0 aromatic heterocycles. The number of aliphatic imine (C=N–C) groups is 1. The zero-order chi connectivity index (χ0) is 18.9. The van der Waals surface area contributed by atoms with E-state index in [0.29, 0.717) is 12.6 Å². The Kier molecular flexibility index (Phi) is 7.11. The molecule has 1 saturated heterocycles. The molecule has 1 aliphatic heterocycles. The fraction of sp³-hybridized carbons (Fsp3) is 0.409. The number of methoxy groups -OCH3 is 1. The second kappa shape index (κ2) is 9.97. The summed E-state index contributed by atoms with van der Waals surface area (Å²) >= 11 is 0. The summed E-state index contributed by atoms with van der Waals surface area (Å²) in [6.07, 6.45) is 2.57. The van der Waals surface area contributed by atoms with Gasteiger partial charge in [0, 0.05) is 20.1 Å². The highest BCUT2D eigenvalue weighted by molar-refractivity contribution is 5.79. The second-order valence-corrected chi connectivity index (χ2v) is 6.83. The van der Waals surface area contributed by atoms with Gasteiger partial charge >= 0.3 is 0 Å². The summed E-state index contributed by atoms with van der Waals surface area (Å²) in [6, 6.07) is 19.2. The number of nitrogens with zero attached hydrogens (tertiary/aromatic N) is 2. The molecule has 1 atom stereocenters. The van der Waals surface area contributed by atoms with Crippen LogP contribution in [0.4, 0.5) is 0 Å². The maximum absolute atomic E-state index is 5.29. The molecular formula is C22H30N4O. The summed E-state index contributed by atoms with van der Waals surface area (Å²) in [7, 11) is 3.50. The van der Waals surface area contributed by atoms with Gasteiger partial charge in [-0.05, 0) is 49.2 Å². The van der Waals surface area contributed by atoms with E-state index >= 15 is 0 Å². The average molecular weight is 367 g/mol. The molecule has 2 aromatic carbocycles. The Bertz CT molecular complexity index is 726. The Labute approximate surface area is 162 Å². The molecule has 2 N–H and O–H groups in total. The molecule has 144 valence electrons. The Balaban J connectivity index is 1.59. The van der Waals surface area contributed by atoms with Crippen LogP contribution in [0.3, 0.4) is 0 Å². The summed E-state index contributed by atoms with van der Waals surface area (Å²) in [5.74, 6) is 1.69. The van der Waals surface area contributed by atoms with E-state index in [4.69, 9.17) is 4.74 Å². The highest BCUT2D eigenvalue weighted by Crippen LogP contribution is 2.24. The fourth-order valence-corrected chi connectivity index (χ4v) is 3.57. The lowest BCUT2D eigenvalue weighted by molar-refractivity contribution is 0.245. The van der Waals surface area contributed by atoms with E-state index in [1.165, 1.54) is 18.4 Å². The van der Waals surface area contributed by atoms with Gasteiger partial charge in [0.05, 0.1) is 13.2 Å². The average Bonchev–Trinajstić information content (AvgIpc) is 3.26. The van der Waals surface area contributed by atoms with Crippen molar-refractivity contribution in [2.24, 2.45) is 4.99 Å². The van der Waals surface area contributed by atoms with Gasteiger partial charge in [0.1, 0.15) is 5.75 Å². The monoisotopic (exact) mass is 366 g/mol. The minimum absolute atomic E-state index is 0.365. The predicted octanol–water partition coefficient (Wildman–Crippen LogP) is 3.20. The summed E-state index contributed by atoms with van der Waals surface area (Å²) in [5.41, 5.74) is 2.52. The number of likely N-dealkylation sites (tertiary alicyclic amines) is 1. The molecule has 0 amide bonds. The van der Waals surface area contributed by atoms with Gasteiger partial charge in [-0.25, -0.2) is 0 Å². The standard InChI is InChI=1S/C22H30N4O/c1-23-22(24-16-18-9-8-12-20(15-18)27-2)25-17-21(26-13-6-7-14-26)19-10-4-3-5-11-19/h3-5,8-12,15,21H,6-7,13-14,16-17H2,1-2H3,(H2,23,24,25). The minimum Gasteiger partial charge on any atom is -0.497 e. The number of rotatable bonds is 7. The Hall–Kier alpha value is -2.53. The number of hydrogen-bond donors (Lipinski definition) is 2. The van der Waals surface area contributed by atoms with Crippen LogP contribution in [0.25, 0.3) is 0 Å². The van der Waals surface area contributed by atoms with Crippen LogP contribution in [0.1, 0.15) is 30.0 Å². The highest BCUT2D eigenvalue weighted by atomic mass is 16.5. The van der Waals surface area contributed by atoms with Crippen molar-refractivity contribution in [3.05, 3.63) is 65.7 Å². The summed E-state index contributed by atoms with van der Waals surface area (Å²) in [4.78, 5) is 6.95. The molecule has 1 unspecified atom stereocenters. The molecule has 5 nitrogen and oxygen atoms in total. The maximum Gasteiger partial charge on any atom is 0.191 e. The van der Waals surface area contributed by atoms with Crippen molar-refractivity contribution >= 4 is 5.96 Å². The van der Waals surface area contributed by atoms with Crippen molar-refractivity contribution in [1.29, 1.82) is 0 Å². The van der Waals surface area contributed by atoms with E-state index < -0.39 is 0 Å². The van der Waals surface area contributed by atoms with Crippen LogP contribution in [0, 0.1) is 0 Å². The first-order chi connectivity index (χ1) is 13.3. The van der Waals surface area contributed by atoms with Crippen molar-refractivity contribution < 1.29 is 4.74 Å². The molecule has 3 rings (SSSR count). The number of benzene rings is 2. The first kappa shape index (κ1) is 19.2. The van der Waals surface area contributed by atoms with Crippen molar-refractivity contribution in [2.45, 2.75) is 25.4 Å².